The first-order chi connectivity index (χ1) is 21.3. The van der Waals surface area contributed by atoms with Gasteiger partial charge in [-0.05, 0) is 97.6 Å². The van der Waals surface area contributed by atoms with Gasteiger partial charge < -0.3 is 0 Å². The van der Waals surface area contributed by atoms with E-state index in [1.165, 1.54) is 86.2 Å². The van der Waals surface area contributed by atoms with Crippen LogP contribution in [0.5, 0.6) is 0 Å². The van der Waals surface area contributed by atoms with Gasteiger partial charge in [0.2, 0.25) is 0 Å². The van der Waals surface area contributed by atoms with Crippen LogP contribution in [0, 0.1) is 0 Å². The maximum absolute atomic E-state index is 2.47. The lowest BCUT2D eigenvalue weighted by molar-refractivity contribution is 0.991. The number of benzene rings is 7. The molecule has 0 spiro atoms. The van der Waals surface area contributed by atoms with Crippen LogP contribution < -0.4 is 0 Å². The van der Waals surface area contributed by atoms with Crippen molar-refractivity contribution in [1.82, 2.24) is 0 Å². The van der Waals surface area contributed by atoms with Crippen LogP contribution in [0.2, 0.25) is 0 Å². The first-order valence-electron chi connectivity index (χ1n) is 15.1. The molecule has 1 aliphatic rings. The van der Waals surface area contributed by atoms with Crippen LogP contribution in [-0.2, 0) is 6.42 Å². The van der Waals surface area contributed by atoms with Crippen molar-refractivity contribution < 1.29 is 0 Å². The Hall–Kier alpha value is -4.98. The molecular weight excluding hydrogens is 537 g/mol. The zero-order chi connectivity index (χ0) is 28.3. The second kappa shape index (κ2) is 9.80. The molecule has 0 saturated heterocycles. The van der Waals surface area contributed by atoms with E-state index < -0.39 is 0 Å². The lowest BCUT2D eigenvalue weighted by atomic mass is 9.79. The molecule has 7 aromatic carbocycles. The molecule has 8 aromatic rings. The average molecular weight is 565 g/mol. The first kappa shape index (κ1) is 24.6. The summed E-state index contributed by atoms with van der Waals surface area (Å²) < 4.78 is 2.70. The van der Waals surface area contributed by atoms with Crippen molar-refractivity contribution in [2.45, 2.75) is 12.8 Å². The van der Waals surface area contributed by atoms with Gasteiger partial charge in [0.25, 0.3) is 0 Å². The van der Waals surface area contributed by atoms with E-state index >= 15 is 0 Å². The highest BCUT2D eigenvalue weighted by Crippen LogP contribution is 2.48. The SMILES string of the molecule is C1=Cc2c(c(-c3cc(-c4ccccc4)c4sc5ccccc5c4c3)c3ccccc3c2-c2ccc3ccccc3c2)CC1. The maximum Gasteiger partial charge on any atom is 0.0434 e. The van der Waals surface area contributed by atoms with Gasteiger partial charge in [-0.2, -0.15) is 0 Å². The summed E-state index contributed by atoms with van der Waals surface area (Å²) in [4.78, 5) is 0. The molecule has 0 atom stereocenters. The zero-order valence-corrected chi connectivity index (χ0v) is 24.5. The normalized spacial score (nSPS) is 12.8. The summed E-state index contributed by atoms with van der Waals surface area (Å²) in [5, 5.41) is 7.89. The highest BCUT2D eigenvalue weighted by Gasteiger charge is 2.23. The molecule has 1 aromatic heterocycles. The van der Waals surface area contributed by atoms with E-state index in [4.69, 9.17) is 0 Å². The fraction of sp³-hybridized carbons (Fsp3) is 0.0476. The number of hydrogen-bond acceptors (Lipinski definition) is 1. The monoisotopic (exact) mass is 564 g/mol. The second-order valence-electron chi connectivity index (χ2n) is 11.6. The van der Waals surface area contributed by atoms with Crippen LogP contribution in [-0.4, -0.2) is 0 Å². The van der Waals surface area contributed by atoms with E-state index in [-0.39, 0.29) is 0 Å². The molecule has 0 radical (unpaired) electrons. The molecule has 202 valence electrons. The molecule has 1 heteroatoms. The number of fused-ring (bicyclic) bond motifs is 6. The van der Waals surface area contributed by atoms with Crippen molar-refractivity contribution in [3.8, 4) is 33.4 Å². The van der Waals surface area contributed by atoms with Gasteiger partial charge >= 0.3 is 0 Å². The van der Waals surface area contributed by atoms with Crippen LogP contribution in [0.25, 0.3) is 81.2 Å². The Morgan fingerprint density at radius 2 is 1.21 bits per heavy atom. The molecular formula is C42H28S. The Morgan fingerprint density at radius 1 is 0.488 bits per heavy atom. The highest BCUT2D eigenvalue weighted by molar-refractivity contribution is 7.26. The average Bonchev–Trinajstić information content (AvgIpc) is 3.45. The molecule has 43 heavy (non-hydrogen) atoms. The largest absolute Gasteiger partial charge is 0.135 e. The van der Waals surface area contributed by atoms with Gasteiger partial charge in [-0.25, -0.2) is 0 Å². The number of thiophene rings is 1. The third-order valence-electron chi connectivity index (χ3n) is 9.10. The summed E-state index contributed by atoms with van der Waals surface area (Å²) in [6, 6.07) is 49.4. The van der Waals surface area contributed by atoms with Crippen molar-refractivity contribution in [1.29, 1.82) is 0 Å². The Morgan fingerprint density at radius 3 is 2.07 bits per heavy atom. The zero-order valence-electron chi connectivity index (χ0n) is 23.7. The molecule has 1 heterocycles. The minimum Gasteiger partial charge on any atom is -0.135 e. The van der Waals surface area contributed by atoms with Crippen molar-refractivity contribution in [2.24, 2.45) is 0 Å². The minimum absolute atomic E-state index is 1.04. The maximum atomic E-state index is 2.47. The first-order valence-corrected chi connectivity index (χ1v) is 15.9. The van der Waals surface area contributed by atoms with E-state index in [9.17, 15) is 0 Å². The Bertz CT molecular complexity index is 2390. The summed E-state index contributed by atoms with van der Waals surface area (Å²) >= 11 is 1.91. The van der Waals surface area contributed by atoms with Crippen molar-refractivity contribution in [2.75, 3.05) is 0 Å². The predicted octanol–water partition coefficient (Wildman–Crippen LogP) is 12.3. The van der Waals surface area contributed by atoms with Gasteiger partial charge in [0.05, 0.1) is 0 Å². The van der Waals surface area contributed by atoms with Crippen LogP contribution in [0.1, 0.15) is 17.5 Å². The van der Waals surface area contributed by atoms with Gasteiger partial charge in [0.1, 0.15) is 0 Å². The van der Waals surface area contributed by atoms with Crippen molar-refractivity contribution >= 4 is 59.1 Å². The van der Waals surface area contributed by atoms with Crippen LogP contribution in [0.15, 0.2) is 140 Å². The van der Waals surface area contributed by atoms with Crippen molar-refractivity contribution in [3.05, 3.63) is 151 Å². The summed E-state index contributed by atoms with van der Waals surface area (Å²) in [5.74, 6) is 0. The van der Waals surface area contributed by atoms with E-state index in [1.807, 2.05) is 11.3 Å². The molecule has 0 amide bonds. The minimum atomic E-state index is 1.04. The van der Waals surface area contributed by atoms with E-state index in [0.29, 0.717) is 0 Å². The third kappa shape index (κ3) is 3.89. The van der Waals surface area contributed by atoms with Crippen LogP contribution >= 0.6 is 11.3 Å². The molecule has 0 unspecified atom stereocenters. The van der Waals surface area contributed by atoms with E-state index in [1.54, 1.807) is 0 Å². The Balaban J connectivity index is 1.40. The number of hydrogen-bond donors (Lipinski definition) is 0. The Kier molecular flexibility index (Phi) is 5.61. The summed E-state index contributed by atoms with van der Waals surface area (Å²) in [6.45, 7) is 0. The molecule has 0 bridgehead atoms. The lowest BCUT2D eigenvalue weighted by Crippen LogP contribution is -2.02. The van der Waals surface area contributed by atoms with Crippen LogP contribution in [0.3, 0.4) is 0 Å². The smallest absolute Gasteiger partial charge is 0.0434 e. The second-order valence-corrected chi connectivity index (χ2v) is 12.6. The summed E-state index contributed by atoms with van der Waals surface area (Å²) in [7, 11) is 0. The fourth-order valence-electron chi connectivity index (χ4n) is 7.17. The number of rotatable bonds is 3. The van der Waals surface area contributed by atoms with Gasteiger partial charge in [-0.1, -0.05) is 121 Å². The molecule has 0 N–H and O–H groups in total. The molecule has 9 rings (SSSR count). The highest BCUT2D eigenvalue weighted by atomic mass is 32.1. The van der Waals surface area contributed by atoms with Crippen LogP contribution in [0.4, 0.5) is 0 Å². The molecule has 0 saturated carbocycles. The quantitative estimate of drug-likeness (QED) is 0.200. The summed E-state index contributed by atoms with van der Waals surface area (Å²) in [5.41, 5.74) is 10.7. The van der Waals surface area contributed by atoms with Gasteiger partial charge in [-0.3, -0.25) is 0 Å². The van der Waals surface area contributed by atoms with E-state index in [0.717, 1.165) is 12.8 Å². The summed E-state index contributed by atoms with van der Waals surface area (Å²) in [6.07, 6.45) is 6.84. The van der Waals surface area contributed by atoms with Gasteiger partial charge in [-0.15, -0.1) is 11.3 Å². The number of allylic oxidation sites excluding steroid dienone is 1. The predicted molar refractivity (Wildman–Crippen MR) is 188 cm³/mol. The Labute approximate surface area is 255 Å². The van der Waals surface area contributed by atoms with Gasteiger partial charge in [0.15, 0.2) is 0 Å². The third-order valence-corrected chi connectivity index (χ3v) is 10.3. The standard InChI is InChI=1S/C42H28S/c1-2-13-28(14-3-1)37-25-31(26-38-32-16-10-11-21-39(32)43-42(37)38)41-35-19-8-6-17-33(35)40(34-18-7-9-20-36(34)41)30-23-22-27-12-4-5-15-29(27)24-30/h1-8,10-19,21-26H,9,20H2. The fourth-order valence-corrected chi connectivity index (χ4v) is 8.39. The molecule has 0 fully saturated rings. The molecule has 0 aliphatic heterocycles. The van der Waals surface area contributed by atoms with Crippen molar-refractivity contribution in [3.63, 3.8) is 0 Å². The lowest BCUT2D eigenvalue weighted by Gasteiger charge is -2.24. The molecule has 1 aliphatic carbocycles. The van der Waals surface area contributed by atoms with Gasteiger partial charge in [0, 0.05) is 25.7 Å². The van der Waals surface area contributed by atoms with E-state index in [2.05, 4.69) is 146 Å². The molecule has 0 nitrogen and oxygen atoms in total. The topological polar surface area (TPSA) is 0 Å².